The van der Waals surface area contributed by atoms with Crippen LogP contribution in [0.1, 0.15) is 21.6 Å². The van der Waals surface area contributed by atoms with E-state index >= 15 is 0 Å². The van der Waals surface area contributed by atoms with Gasteiger partial charge in [0.2, 0.25) is 0 Å². The summed E-state index contributed by atoms with van der Waals surface area (Å²) in [6.45, 7) is 3.66. The van der Waals surface area contributed by atoms with Gasteiger partial charge in [-0.2, -0.15) is 18.3 Å². The number of halogens is 3. The minimum Gasteiger partial charge on any atom is -0.368 e. The molecule has 186 valence electrons. The number of nitrogens with zero attached hydrogens (tertiary/aromatic N) is 5. The smallest absolute Gasteiger partial charge is 0.368 e. The van der Waals surface area contributed by atoms with Crippen molar-refractivity contribution in [1.29, 1.82) is 0 Å². The molecule has 0 radical (unpaired) electrons. The second-order valence-electron chi connectivity index (χ2n) is 9.00. The van der Waals surface area contributed by atoms with Crippen LogP contribution in [0, 0.1) is 6.92 Å². The molecule has 0 N–H and O–H groups in total. The largest absolute Gasteiger partial charge is 0.416 e. The Balaban J connectivity index is 1.40. The Kier molecular flexibility index (Phi) is 6.07. The molecule has 1 amide bonds. The first kappa shape index (κ1) is 23.7. The van der Waals surface area contributed by atoms with Crippen molar-refractivity contribution >= 4 is 11.6 Å². The Hall–Kier alpha value is -4.01. The molecule has 0 saturated carbocycles. The van der Waals surface area contributed by atoms with E-state index in [-0.39, 0.29) is 5.91 Å². The molecule has 1 aliphatic rings. The molecular weight excluding hydrogens is 467 g/mol. The van der Waals surface area contributed by atoms with Crippen LogP contribution >= 0.6 is 0 Å². The summed E-state index contributed by atoms with van der Waals surface area (Å²) in [6, 6.07) is 18.8. The summed E-state index contributed by atoms with van der Waals surface area (Å²) in [7, 11) is 1.93. The number of carbonyl (C=O) groups excluding carboxylic acids is 1. The number of aromatic nitrogens is 3. The first-order valence-corrected chi connectivity index (χ1v) is 11.7. The fourth-order valence-electron chi connectivity index (χ4n) is 4.55. The quantitative estimate of drug-likeness (QED) is 0.394. The summed E-state index contributed by atoms with van der Waals surface area (Å²) in [5.41, 5.74) is 3.71. The average Bonchev–Trinajstić information content (AvgIpc) is 3.49. The highest BCUT2D eigenvalue weighted by atomic mass is 19.4. The van der Waals surface area contributed by atoms with Crippen LogP contribution in [-0.4, -0.2) is 51.3 Å². The van der Waals surface area contributed by atoms with E-state index in [4.69, 9.17) is 5.10 Å². The van der Waals surface area contributed by atoms with Gasteiger partial charge in [0.15, 0.2) is 0 Å². The predicted molar refractivity (Wildman–Crippen MR) is 132 cm³/mol. The van der Waals surface area contributed by atoms with Gasteiger partial charge in [-0.25, -0.2) is 4.68 Å². The van der Waals surface area contributed by atoms with Crippen molar-refractivity contribution in [3.8, 4) is 17.1 Å². The molecule has 2 aromatic heterocycles. The zero-order valence-corrected chi connectivity index (χ0v) is 20.0. The summed E-state index contributed by atoms with van der Waals surface area (Å²) in [5, 5.41) is 4.77. The van der Waals surface area contributed by atoms with Gasteiger partial charge in [-0.15, -0.1) is 0 Å². The van der Waals surface area contributed by atoms with Gasteiger partial charge in [0.1, 0.15) is 11.4 Å². The minimum absolute atomic E-state index is 0.159. The zero-order chi connectivity index (χ0) is 25.4. The molecule has 36 heavy (non-hydrogen) atoms. The molecule has 0 unspecified atom stereocenters. The van der Waals surface area contributed by atoms with Crippen molar-refractivity contribution in [2.45, 2.75) is 13.1 Å². The van der Waals surface area contributed by atoms with E-state index in [1.54, 1.807) is 21.7 Å². The van der Waals surface area contributed by atoms with Gasteiger partial charge >= 0.3 is 6.18 Å². The number of alkyl halides is 3. The number of benzene rings is 2. The third-order valence-electron chi connectivity index (χ3n) is 6.49. The maximum Gasteiger partial charge on any atom is 0.416 e. The highest BCUT2D eigenvalue weighted by molar-refractivity contribution is 5.94. The van der Waals surface area contributed by atoms with Gasteiger partial charge in [-0.1, -0.05) is 18.2 Å². The zero-order valence-electron chi connectivity index (χ0n) is 20.0. The van der Waals surface area contributed by atoms with Crippen molar-refractivity contribution in [2.24, 2.45) is 7.05 Å². The number of aryl methyl sites for hydroxylation is 2. The maximum atomic E-state index is 13.7. The molecule has 0 aliphatic carbocycles. The molecule has 0 spiro atoms. The van der Waals surface area contributed by atoms with Crippen molar-refractivity contribution in [1.82, 2.24) is 19.2 Å². The summed E-state index contributed by atoms with van der Waals surface area (Å²) < 4.78 is 43.1. The highest BCUT2D eigenvalue weighted by Gasteiger charge is 2.32. The molecule has 0 bridgehead atoms. The summed E-state index contributed by atoms with van der Waals surface area (Å²) in [4.78, 5) is 17.3. The first-order valence-electron chi connectivity index (χ1n) is 11.7. The van der Waals surface area contributed by atoms with Gasteiger partial charge in [-0.05, 0) is 61.0 Å². The van der Waals surface area contributed by atoms with Crippen molar-refractivity contribution in [3.63, 3.8) is 0 Å². The second kappa shape index (κ2) is 9.22. The van der Waals surface area contributed by atoms with Crippen LogP contribution in [0.4, 0.5) is 18.9 Å². The number of rotatable bonds is 4. The van der Waals surface area contributed by atoms with E-state index < -0.39 is 11.7 Å². The molecule has 3 heterocycles. The standard InChI is InChI=1S/C27H26F3N5O/c1-19-6-3-9-22(16-19)35-25(18-23(31-35)24-10-5-11-32(24)2)26(36)34-14-12-33(13-15-34)21-8-4-7-20(17-21)27(28,29)30/h3-11,16-18H,12-15H2,1-2H3. The second-order valence-corrected chi connectivity index (χ2v) is 9.00. The Labute approximate surface area is 207 Å². The molecular formula is C27H26F3N5O. The maximum absolute atomic E-state index is 13.7. The molecule has 1 aliphatic heterocycles. The number of hydrogen-bond donors (Lipinski definition) is 0. The number of carbonyl (C=O) groups is 1. The van der Waals surface area contributed by atoms with Crippen molar-refractivity contribution in [3.05, 3.63) is 89.7 Å². The highest BCUT2D eigenvalue weighted by Crippen LogP contribution is 2.32. The Bertz CT molecular complexity index is 1400. The topological polar surface area (TPSA) is 46.3 Å². The fraction of sp³-hybridized carbons (Fsp3) is 0.259. The average molecular weight is 494 g/mol. The molecule has 1 fully saturated rings. The van der Waals surface area contributed by atoms with E-state index in [0.717, 1.165) is 29.1 Å². The first-order chi connectivity index (χ1) is 17.2. The van der Waals surface area contributed by atoms with Crippen LogP contribution in [-0.2, 0) is 13.2 Å². The van der Waals surface area contributed by atoms with Crippen LogP contribution in [0.5, 0.6) is 0 Å². The van der Waals surface area contributed by atoms with E-state index in [9.17, 15) is 18.0 Å². The summed E-state index contributed by atoms with van der Waals surface area (Å²) >= 11 is 0. The fourth-order valence-corrected chi connectivity index (χ4v) is 4.55. The van der Waals surface area contributed by atoms with Gasteiger partial charge in [0.05, 0.1) is 16.9 Å². The van der Waals surface area contributed by atoms with Crippen molar-refractivity contribution in [2.75, 3.05) is 31.1 Å². The van der Waals surface area contributed by atoms with Crippen LogP contribution in [0.15, 0.2) is 72.9 Å². The van der Waals surface area contributed by atoms with E-state index in [2.05, 4.69) is 0 Å². The van der Waals surface area contributed by atoms with E-state index in [1.807, 2.05) is 66.0 Å². The van der Waals surface area contributed by atoms with E-state index in [1.165, 1.54) is 6.07 Å². The van der Waals surface area contributed by atoms with Gasteiger partial charge in [0.25, 0.3) is 5.91 Å². The SMILES string of the molecule is Cc1cccc(-n2nc(-c3cccn3C)cc2C(=O)N2CCN(c3cccc(C(F)(F)F)c3)CC2)c1. The van der Waals surface area contributed by atoms with Crippen molar-refractivity contribution < 1.29 is 18.0 Å². The van der Waals surface area contributed by atoms with Crippen LogP contribution in [0.2, 0.25) is 0 Å². The monoisotopic (exact) mass is 493 g/mol. The normalized spacial score (nSPS) is 14.4. The van der Waals surface area contributed by atoms with Gasteiger partial charge in [-0.3, -0.25) is 4.79 Å². The lowest BCUT2D eigenvalue weighted by molar-refractivity contribution is -0.137. The van der Waals surface area contributed by atoms with Gasteiger partial charge in [0, 0.05) is 45.1 Å². The number of piperazine rings is 1. The van der Waals surface area contributed by atoms with Crippen LogP contribution < -0.4 is 4.90 Å². The van der Waals surface area contributed by atoms with Crippen LogP contribution in [0.25, 0.3) is 17.1 Å². The molecule has 5 rings (SSSR count). The van der Waals surface area contributed by atoms with Gasteiger partial charge < -0.3 is 14.4 Å². The lowest BCUT2D eigenvalue weighted by atomic mass is 10.1. The number of anilines is 1. The minimum atomic E-state index is -4.39. The molecule has 9 heteroatoms. The predicted octanol–water partition coefficient (Wildman–Crippen LogP) is 5.17. The molecule has 0 atom stereocenters. The number of amides is 1. The molecule has 6 nitrogen and oxygen atoms in total. The lowest BCUT2D eigenvalue weighted by Gasteiger charge is -2.36. The third kappa shape index (κ3) is 4.60. The number of hydrogen-bond acceptors (Lipinski definition) is 3. The third-order valence-corrected chi connectivity index (χ3v) is 6.49. The summed E-state index contributed by atoms with van der Waals surface area (Å²) in [5.74, 6) is -0.159. The molecule has 2 aromatic carbocycles. The summed E-state index contributed by atoms with van der Waals surface area (Å²) in [6.07, 6.45) is -2.46. The Morgan fingerprint density at radius 3 is 2.28 bits per heavy atom. The molecule has 1 saturated heterocycles. The molecule has 4 aromatic rings. The Morgan fingerprint density at radius 2 is 1.61 bits per heavy atom. The Morgan fingerprint density at radius 1 is 0.889 bits per heavy atom. The van der Waals surface area contributed by atoms with E-state index in [0.29, 0.717) is 43.3 Å². The van der Waals surface area contributed by atoms with Crippen LogP contribution in [0.3, 0.4) is 0 Å². The lowest BCUT2D eigenvalue weighted by Crippen LogP contribution is -2.49.